The number of nitrogens with zero attached hydrogens (tertiary/aromatic N) is 1. The first-order valence-corrected chi connectivity index (χ1v) is 5.70. The molecule has 0 aliphatic carbocycles. The fourth-order valence-corrected chi connectivity index (χ4v) is 1.15. The molecule has 0 aromatic carbocycles. The van der Waals surface area contributed by atoms with Crippen molar-refractivity contribution in [2.75, 3.05) is 0 Å². The summed E-state index contributed by atoms with van der Waals surface area (Å²) in [7, 11) is 0. The van der Waals surface area contributed by atoms with Crippen molar-refractivity contribution < 1.29 is 112 Å². The SMILES string of the molecule is C=C[CH]C([N-]C(=O)OC(C)(C)C)C(C)CC.[K+].[K+]. The Morgan fingerprint density at radius 2 is 1.89 bits per heavy atom. The van der Waals surface area contributed by atoms with Crippen LogP contribution in [0, 0.1) is 12.3 Å². The first kappa shape index (κ1) is 25.2. The zero-order valence-corrected chi connectivity index (χ0v) is 19.2. The molecule has 0 bridgehead atoms. The molecule has 0 N–H and O–H groups in total. The third-order valence-corrected chi connectivity index (χ3v) is 2.21. The maximum Gasteiger partial charge on any atom is 1.00 e. The fourth-order valence-electron chi connectivity index (χ4n) is 1.15. The number of ether oxygens (including phenoxy) is 1. The van der Waals surface area contributed by atoms with Gasteiger partial charge in [0.2, 0.25) is 6.09 Å². The summed E-state index contributed by atoms with van der Waals surface area (Å²) in [5.74, 6) is 0.311. The van der Waals surface area contributed by atoms with Crippen molar-refractivity contribution >= 4 is 6.09 Å². The average Bonchev–Trinajstić information content (AvgIpc) is 2.13. The standard InChI is InChI=1S/C13H24NO2.2K/c1-7-9-11(10(3)8-2)14-12(15)16-13(4,5)6;;/h7,9-11H,1,8H2,2-6H3,(H,14,15);;/q;2*+1/p-1. The molecule has 0 saturated carbocycles. The van der Waals surface area contributed by atoms with Crippen LogP contribution in [0.1, 0.15) is 41.0 Å². The molecule has 5 heteroatoms. The Hall–Kier alpha value is 2.28. The van der Waals surface area contributed by atoms with Gasteiger partial charge in [0, 0.05) is 0 Å². The molecule has 0 heterocycles. The molecule has 0 rings (SSSR count). The molecule has 18 heavy (non-hydrogen) atoms. The Kier molecular flexibility index (Phi) is 18.2. The van der Waals surface area contributed by atoms with Gasteiger partial charge in [-0.25, -0.2) is 0 Å². The van der Waals surface area contributed by atoms with Crippen LogP contribution in [0.3, 0.4) is 0 Å². The summed E-state index contributed by atoms with van der Waals surface area (Å²) < 4.78 is 5.15. The predicted octanol–water partition coefficient (Wildman–Crippen LogP) is -1.89. The summed E-state index contributed by atoms with van der Waals surface area (Å²) >= 11 is 0. The van der Waals surface area contributed by atoms with E-state index in [9.17, 15) is 4.79 Å². The van der Waals surface area contributed by atoms with Crippen LogP contribution in [0.25, 0.3) is 5.32 Å². The van der Waals surface area contributed by atoms with Gasteiger partial charge >= 0.3 is 103 Å². The van der Waals surface area contributed by atoms with Crippen molar-refractivity contribution in [1.29, 1.82) is 0 Å². The van der Waals surface area contributed by atoms with E-state index in [1.165, 1.54) is 0 Å². The van der Waals surface area contributed by atoms with E-state index in [0.29, 0.717) is 5.92 Å². The molecule has 1 radical (unpaired) electrons. The van der Waals surface area contributed by atoms with Gasteiger partial charge in [-0.2, -0.15) is 0 Å². The average molecular weight is 304 g/mol. The van der Waals surface area contributed by atoms with Crippen LogP contribution in [0.15, 0.2) is 12.7 Å². The van der Waals surface area contributed by atoms with Crippen LogP contribution in [-0.4, -0.2) is 17.7 Å². The predicted molar refractivity (Wildman–Crippen MR) is 67.3 cm³/mol. The zero-order valence-electron chi connectivity index (χ0n) is 13.0. The quantitative estimate of drug-likeness (QED) is 0.557. The number of carbonyl (C=O) groups is 1. The third-order valence-electron chi connectivity index (χ3n) is 2.21. The van der Waals surface area contributed by atoms with Gasteiger partial charge in [0.25, 0.3) is 0 Å². The Bertz CT molecular complexity index is 240. The third kappa shape index (κ3) is 13.3. The Balaban J connectivity index is -0.00000112. The summed E-state index contributed by atoms with van der Waals surface area (Å²) in [6.07, 6.45) is 3.96. The van der Waals surface area contributed by atoms with E-state index in [4.69, 9.17) is 4.74 Å². The van der Waals surface area contributed by atoms with Gasteiger partial charge < -0.3 is 10.1 Å². The largest absolute Gasteiger partial charge is 1.00 e. The molecule has 1 amide bonds. The molecule has 0 saturated heterocycles. The Morgan fingerprint density at radius 3 is 2.22 bits per heavy atom. The van der Waals surface area contributed by atoms with Gasteiger partial charge in [0.1, 0.15) is 5.60 Å². The van der Waals surface area contributed by atoms with Gasteiger partial charge in [-0.1, -0.05) is 32.3 Å². The molecule has 3 nitrogen and oxygen atoms in total. The van der Waals surface area contributed by atoms with E-state index in [2.05, 4.69) is 25.7 Å². The minimum atomic E-state index is -0.504. The van der Waals surface area contributed by atoms with Crippen LogP contribution in [0.4, 0.5) is 4.79 Å². The van der Waals surface area contributed by atoms with Gasteiger partial charge in [-0.05, 0) is 27.2 Å². The van der Waals surface area contributed by atoms with Crippen LogP contribution < -0.4 is 103 Å². The number of rotatable bonds is 5. The van der Waals surface area contributed by atoms with Gasteiger partial charge in [0.05, 0.1) is 0 Å². The summed E-state index contributed by atoms with van der Waals surface area (Å²) in [6.45, 7) is 13.2. The van der Waals surface area contributed by atoms with Crippen molar-refractivity contribution in [2.24, 2.45) is 5.92 Å². The number of amides is 1. The van der Waals surface area contributed by atoms with Crippen LogP contribution in [0.2, 0.25) is 0 Å². The van der Waals surface area contributed by atoms with Crippen molar-refractivity contribution in [3.8, 4) is 0 Å². The second kappa shape index (κ2) is 13.0. The van der Waals surface area contributed by atoms with Crippen molar-refractivity contribution in [3.63, 3.8) is 0 Å². The first-order chi connectivity index (χ1) is 7.30. The van der Waals surface area contributed by atoms with Crippen LogP contribution in [-0.2, 0) is 4.74 Å². The summed E-state index contributed by atoms with van der Waals surface area (Å²) in [4.78, 5) is 11.5. The summed E-state index contributed by atoms with van der Waals surface area (Å²) in [5, 5.41) is 4.03. The molecule has 0 aromatic rings. The van der Waals surface area contributed by atoms with E-state index in [0.717, 1.165) is 6.42 Å². The van der Waals surface area contributed by atoms with Crippen molar-refractivity contribution in [3.05, 3.63) is 24.4 Å². The van der Waals surface area contributed by atoms with E-state index < -0.39 is 11.7 Å². The van der Waals surface area contributed by atoms with E-state index in [1.54, 1.807) is 6.08 Å². The Labute approximate surface area is 197 Å². The molecule has 2 atom stereocenters. The van der Waals surface area contributed by atoms with Crippen molar-refractivity contribution in [2.45, 2.75) is 52.7 Å². The smallest absolute Gasteiger partial charge is 0.614 e. The van der Waals surface area contributed by atoms with Crippen LogP contribution in [0.5, 0.6) is 0 Å². The van der Waals surface area contributed by atoms with Crippen molar-refractivity contribution in [1.82, 2.24) is 0 Å². The monoisotopic (exact) mass is 303 g/mol. The zero-order chi connectivity index (χ0) is 12.8. The molecule has 0 aromatic heterocycles. The normalized spacial score (nSPS) is 13.4. The maximum atomic E-state index is 11.5. The van der Waals surface area contributed by atoms with E-state index in [1.807, 2.05) is 27.2 Å². The second-order valence-electron chi connectivity index (χ2n) is 4.91. The Morgan fingerprint density at radius 1 is 1.39 bits per heavy atom. The minimum Gasteiger partial charge on any atom is -0.614 e. The molecule has 0 aliphatic heterocycles. The number of carbonyl (C=O) groups excluding carboxylic acids is 1. The van der Waals surface area contributed by atoms with Gasteiger partial charge in [0.15, 0.2) is 0 Å². The fraction of sp³-hybridized carbons (Fsp3) is 0.692. The summed E-state index contributed by atoms with van der Waals surface area (Å²) in [5.41, 5.74) is -0.491. The summed E-state index contributed by atoms with van der Waals surface area (Å²) in [6, 6.07) is -0.141. The number of hydrogen-bond acceptors (Lipinski definition) is 2. The molecule has 0 aliphatic rings. The van der Waals surface area contributed by atoms with E-state index >= 15 is 0 Å². The topological polar surface area (TPSA) is 40.4 Å². The first-order valence-electron chi connectivity index (χ1n) is 5.70. The molecule has 2 unspecified atom stereocenters. The number of hydrogen-bond donors (Lipinski definition) is 0. The van der Waals surface area contributed by atoms with Gasteiger partial charge in [-0.15, -0.1) is 12.6 Å². The molecule has 0 fully saturated rings. The molecular formula is C13H23K2NO2+. The maximum absolute atomic E-state index is 11.5. The van der Waals surface area contributed by atoms with Gasteiger partial charge in [-0.3, -0.25) is 4.79 Å². The van der Waals surface area contributed by atoms with E-state index in [-0.39, 0.29) is 109 Å². The molecule has 0 spiro atoms. The minimum absolute atomic E-state index is 0. The molecule has 93 valence electrons. The van der Waals surface area contributed by atoms with Crippen LogP contribution >= 0.6 is 0 Å². The second-order valence-corrected chi connectivity index (χ2v) is 4.91. The molecular weight excluding hydrogens is 280 g/mol.